The minimum absolute atomic E-state index is 0.164. The number of carbonyl (C=O) groups is 1. The van der Waals surface area contributed by atoms with Gasteiger partial charge >= 0.3 is 0 Å². The van der Waals surface area contributed by atoms with Gasteiger partial charge in [0, 0.05) is 38.6 Å². The van der Waals surface area contributed by atoms with Gasteiger partial charge in [0.25, 0.3) is 0 Å². The summed E-state index contributed by atoms with van der Waals surface area (Å²) in [6, 6.07) is 4.20. The number of fused-ring (bicyclic) bond motifs is 1. The zero-order valence-electron chi connectivity index (χ0n) is 14.8. The van der Waals surface area contributed by atoms with E-state index in [0.717, 1.165) is 44.0 Å². The fourth-order valence-corrected chi connectivity index (χ4v) is 3.99. The number of rotatable bonds is 4. The van der Waals surface area contributed by atoms with E-state index in [1.54, 1.807) is 4.68 Å². The van der Waals surface area contributed by atoms with Gasteiger partial charge in [-0.1, -0.05) is 0 Å². The Labute approximate surface area is 148 Å². The summed E-state index contributed by atoms with van der Waals surface area (Å²) in [6.45, 7) is 4.81. The van der Waals surface area contributed by atoms with Gasteiger partial charge in [-0.15, -0.1) is 0 Å². The molecule has 4 rings (SSSR count). The summed E-state index contributed by atoms with van der Waals surface area (Å²) in [5.41, 5.74) is 1.96. The highest BCUT2D eigenvalue weighted by Gasteiger charge is 2.30. The predicted molar refractivity (Wildman–Crippen MR) is 93.8 cm³/mol. The fraction of sp³-hybridized carbons (Fsp3) is 0.611. The van der Waals surface area contributed by atoms with E-state index in [1.165, 1.54) is 12.8 Å². The molecule has 134 valence electrons. The Bertz CT molecular complexity index is 730. The maximum absolute atomic E-state index is 13.1. The third-order valence-electron chi connectivity index (χ3n) is 5.34. The van der Waals surface area contributed by atoms with Crippen LogP contribution in [-0.4, -0.2) is 60.9 Å². The van der Waals surface area contributed by atoms with Crippen molar-refractivity contribution in [2.24, 2.45) is 7.05 Å². The van der Waals surface area contributed by atoms with E-state index >= 15 is 0 Å². The maximum atomic E-state index is 13.1. The van der Waals surface area contributed by atoms with Crippen molar-refractivity contribution in [1.29, 1.82) is 0 Å². The lowest BCUT2D eigenvalue weighted by Gasteiger charge is -2.32. The Balaban J connectivity index is 1.53. The lowest BCUT2D eigenvalue weighted by Crippen LogP contribution is -2.46. The summed E-state index contributed by atoms with van der Waals surface area (Å²) >= 11 is 0. The average molecular weight is 342 g/mol. The van der Waals surface area contributed by atoms with Crippen molar-refractivity contribution in [3.8, 4) is 0 Å². The lowest BCUT2D eigenvalue weighted by molar-refractivity contribution is -0.134. The van der Waals surface area contributed by atoms with E-state index in [1.807, 2.05) is 36.3 Å². The van der Waals surface area contributed by atoms with Crippen LogP contribution >= 0.6 is 0 Å². The van der Waals surface area contributed by atoms with Gasteiger partial charge in [-0.05, 0) is 44.5 Å². The molecule has 1 saturated heterocycles. The molecule has 2 aliphatic rings. The second-order valence-corrected chi connectivity index (χ2v) is 7.18. The van der Waals surface area contributed by atoms with Crippen LogP contribution in [0.15, 0.2) is 24.5 Å². The standard InChI is InChI=1S/C18H26N6O/c1-21-10-5-15(20-21)12-18(25)23-14-17-4-7-19-24(17)11-6-16(23)13-22-8-2-3-9-22/h4-5,7,10,16H,2-3,6,8-9,11-14H2,1H3/t16-/m1/s1. The van der Waals surface area contributed by atoms with Gasteiger partial charge in [-0.25, -0.2) is 0 Å². The molecule has 7 heteroatoms. The molecule has 25 heavy (non-hydrogen) atoms. The van der Waals surface area contributed by atoms with E-state index < -0.39 is 0 Å². The molecular weight excluding hydrogens is 316 g/mol. The molecule has 1 amide bonds. The summed E-state index contributed by atoms with van der Waals surface area (Å²) in [5, 5.41) is 8.79. The summed E-state index contributed by atoms with van der Waals surface area (Å²) in [5.74, 6) is 0.164. The van der Waals surface area contributed by atoms with E-state index in [4.69, 9.17) is 0 Å². The zero-order chi connectivity index (χ0) is 17.2. The number of carbonyl (C=O) groups excluding carboxylic acids is 1. The van der Waals surface area contributed by atoms with Crippen LogP contribution in [0.3, 0.4) is 0 Å². The lowest BCUT2D eigenvalue weighted by atomic mass is 10.1. The smallest absolute Gasteiger partial charge is 0.229 e. The Kier molecular flexibility index (Phi) is 4.57. The quantitative estimate of drug-likeness (QED) is 0.834. The molecule has 2 aromatic heterocycles. The van der Waals surface area contributed by atoms with Crippen LogP contribution in [0, 0.1) is 0 Å². The van der Waals surface area contributed by atoms with Crippen molar-refractivity contribution in [3.05, 3.63) is 35.9 Å². The molecule has 7 nitrogen and oxygen atoms in total. The minimum Gasteiger partial charge on any atom is -0.332 e. The van der Waals surface area contributed by atoms with Crippen molar-refractivity contribution >= 4 is 5.91 Å². The van der Waals surface area contributed by atoms with Crippen molar-refractivity contribution in [3.63, 3.8) is 0 Å². The molecule has 4 heterocycles. The molecule has 1 atom stereocenters. The van der Waals surface area contributed by atoms with Crippen LogP contribution in [0.1, 0.15) is 30.7 Å². The predicted octanol–water partition coefficient (Wildman–Crippen LogP) is 1.06. The van der Waals surface area contributed by atoms with Crippen LogP contribution in [0.4, 0.5) is 0 Å². The van der Waals surface area contributed by atoms with Gasteiger partial charge in [0.05, 0.1) is 24.4 Å². The summed E-state index contributed by atoms with van der Waals surface area (Å²) < 4.78 is 3.80. The Hall–Kier alpha value is -2.15. The van der Waals surface area contributed by atoms with Crippen LogP contribution in [0.2, 0.25) is 0 Å². The second kappa shape index (κ2) is 7.00. The van der Waals surface area contributed by atoms with E-state index in [2.05, 4.69) is 20.0 Å². The number of likely N-dealkylation sites (tertiary alicyclic amines) is 1. The molecular formula is C18H26N6O. The maximum Gasteiger partial charge on any atom is 0.229 e. The molecule has 0 saturated carbocycles. The first-order valence-corrected chi connectivity index (χ1v) is 9.20. The van der Waals surface area contributed by atoms with Crippen LogP contribution < -0.4 is 0 Å². The number of hydrogen-bond donors (Lipinski definition) is 0. The molecule has 0 spiro atoms. The number of nitrogens with zero attached hydrogens (tertiary/aromatic N) is 6. The summed E-state index contributed by atoms with van der Waals surface area (Å²) in [6.07, 6.45) is 7.59. The number of aryl methyl sites for hydroxylation is 2. The third kappa shape index (κ3) is 3.61. The zero-order valence-corrected chi connectivity index (χ0v) is 14.8. The van der Waals surface area contributed by atoms with Crippen molar-refractivity contribution in [2.45, 2.75) is 44.8 Å². The molecule has 0 aliphatic carbocycles. The molecule has 1 fully saturated rings. The molecule has 0 N–H and O–H groups in total. The third-order valence-corrected chi connectivity index (χ3v) is 5.34. The molecule has 0 aromatic carbocycles. The van der Waals surface area contributed by atoms with Gasteiger partial charge in [0.1, 0.15) is 0 Å². The van der Waals surface area contributed by atoms with E-state index in [0.29, 0.717) is 13.0 Å². The van der Waals surface area contributed by atoms with Crippen molar-refractivity contribution in [1.82, 2.24) is 29.4 Å². The second-order valence-electron chi connectivity index (χ2n) is 7.18. The number of aromatic nitrogens is 4. The largest absolute Gasteiger partial charge is 0.332 e. The van der Waals surface area contributed by atoms with Crippen molar-refractivity contribution in [2.75, 3.05) is 19.6 Å². The first-order valence-electron chi connectivity index (χ1n) is 9.20. The van der Waals surface area contributed by atoms with Crippen LogP contribution in [0.5, 0.6) is 0 Å². The highest BCUT2D eigenvalue weighted by atomic mass is 16.2. The van der Waals surface area contributed by atoms with Gasteiger partial charge in [0.15, 0.2) is 0 Å². The molecule has 0 bridgehead atoms. The van der Waals surface area contributed by atoms with Crippen LogP contribution in [0.25, 0.3) is 0 Å². The van der Waals surface area contributed by atoms with Gasteiger partial charge < -0.3 is 9.80 Å². The normalized spacial score (nSPS) is 21.3. The Morgan fingerprint density at radius 2 is 2.08 bits per heavy atom. The topological polar surface area (TPSA) is 59.2 Å². The van der Waals surface area contributed by atoms with E-state index in [9.17, 15) is 4.79 Å². The van der Waals surface area contributed by atoms with Crippen molar-refractivity contribution < 1.29 is 4.79 Å². The Morgan fingerprint density at radius 3 is 2.84 bits per heavy atom. The first-order chi connectivity index (χ1) is 12.2. The summed E-state index contributed by atoms with van der Waals surface area (Å²) in [7, 11) is 1.88. The highest BCUT2D eigenvalue weighted by molar-refractivity contribution is 5.78. The minimum atomic E-state index is 0.164. The number of amides is 1. The van der Waals surface area contributed by atoms with Gasteiger partial charge in [0.2, 0.25) is 5.91 Å². The SMILES string of the molecule is Cn1ccc(CC(=O)N2Cc3ccnn3CC[C@@H]2CN2CCCC2)n1. The Morgan fingerprint density at radius 1 is 1.24 bits per heavy atom. The fourth-order valence-electron chi connectivity index (χ4n) is 3.99. The highest BCUT2D eigenvalue weighted by Crippen LogP contribution is 2.21. The summed E-state index contributed by atoms with van der Waals surface area (Å²) in [4.78, 5) is 17.6. The number of hydrogen-bond acceptors (Lipinski definition) is 4. The average Bonchev–Trinajstić information content (AvgIpc) is 3.31. The monoisotopic (exact) mass is 342 g/mol. The van der Waals surface area contributed by atoms with Gasteiger partial charge in [-0.3, -0.25) is 14.2 Å². The molecule has 0 unspecified atom stereocenters. The van der Waals surface area contributed by atoms with Gasteiger partial charge in [-0.2, -0.15) is 10.2 Å². The van der Waals surface area contributed by atoms with Crippen LogP contribution in [-0.2, 0) is 31.4 Å². The first kappa shape index (κ1) is 16.3. The molecule has 0 radical (unpaired) electrons. The molecule has 2 aromatic rings. The van der Waals surface area contributed by atoms with E-state index in [-0.39, 0.29) is 11.9 Å². The molecule has 2 aliphatic heterocycles.